The van der Waals surface area contributed by atoms with Crippen LogP contribution in [0.4, 0.5) is 0 Å². The van der Waals surface area contributed by atoms with Gasteiger partial charge in [0.05, 0.1) is 4.70 Å². The molecule has 0 atom stereocenters. The predicted octanol–water partition coefficient (Wildman–Crippen LogP) is 11.1. The molecule has 3 heteroatoms. The second-order valence-corrected chi connectivity index (χ2v) is 11.7. The summed E-state index contributed by atoms with van der Waals surface area (Å²) in [5.74, 6) is 0. The van der Waals surface area contributed by atoms with Gasteiger partial charge in [-0.2, -0.15) is 0 Å². The summed E-state index contributed by atoms with van der Waals surface area (Å²) in [5, 5.41) is 3.89. The van der Waals surface area contributed by atoms with Crippen molar-refractivity contribution >= 4 is 21.7 Å². The fraction of sp³-hybridized carbons (Fsp3) is 0.486. The molecule has 1 heterocycles. The Labute approximate surface area is 235 Å². The number of unbranched alkanes of at least 4 members (excludes halogenated alkanes) is 10. The minimum atomic E-state index is 0.253. The van der Waals surface area contributed by atoms with E-state index in [1.807, 2.05) is 24.3 Å². The van der Waals surface area contributed by atoms with Crippen LogP contribution in [0.3, 0.4) is 0 Å². The van der Waals surface area contributed by atoms with Crippen molar-refractivity contribution in [2.75, 3.05) is 0 Å². The molecule has 0 fully saturated rings. The van der Waals surface area contributed by atoms with E-state index in [2.05, 4.69) is 72.0 Å². The van der Waals surface area contributed by atoms with Crippen molar-refractivity contribution in [2.45, 2.75) is 109 Å². The van der Waals surface area contributed by atoms with Gasteiger partial charge in [-0.25, -0.2) is 0 Å². The first-order valence-corrected chi connectivity index (χ1v) is 15.9. The quantitative estimate of drug-likeness (QED) is 0.153. The van der Waals surface area contributed by atoms with E-state index in [4.69, 9.17) is 0 Å². The number of fused-ring (bicyclic) bond motifs is 4. The van der Waals surface area contributed by atoms with Crippen LogP contribution in [-0.4, -0.2) is 9.59 Å². The molecular formula is C35H46N2S. The molecule has 4 aromatic rings. The van der Waals surface area contributed by atoms with Crippen LogP contribution in [0, 0.1) is 0 Å². The summed E-state index contributed by atoms with van der Waals surface area (Å²) in [6, 6.07) is 26.5. The Morgan fingerprint density at radius 1 is 0.553 bits per heavy atom. The van der Waals surface area contributed by atoms with E-state index >= 15 is 0 Å². The molecular weight excluding hydrogens is 480 g/mol. The molecule has 0 spiro atoms. The van der Waals surface area contributed by atoms with Crippen molar-refractivity contribution in [1.29, 1.82) is 0 Å². The Morgan fingerprint density at radius 3 is 1.58 bits per heavy atom. The van der Waals surface area contributed by atoms with E-state index in [-0.39, 0.29) is 5.41 Å². The summed E-state index contributed by atoms with van der Waals surface area (Å²) in [5.41, 5.74) is 7.47. The molecule has 3 aromatic carbocycles. The van der Waals surface area contributed by atoms with Gasteiger partial charge in [0.25, 0.3) is 0 Å². The van der Waals surface area contributed by atoms with Gasteiger partial charge in [-0.05, 0) is 58.8 Å². The lowest BCUT2D eigenvalue weighted by molar-refractivity contribution is 0.398. The van der Waals surface area contributed by atoms with Gasteiger partial charge in [0.15, 0.2) is 0 Å². The number of nitrogens with zero attached hydrogens (tertiary/aromatic N) is 2. The van der Waals surface area contributed by atoms with Crippen LogP contribution in [0.5, 0.6) is 0 Å². The number of benzene rings is 3. The number of rotatable bonds is 14. The zero-order chi connectivity index (χ0) is 26.5. The average molecular weight is 527 g/mol. The SMILES string of the molecule is CCCCCCCCC1(CCCCCCCC)c2ccccc2-c2ccccc21.c1ccc2snnc2c1. The van der Waals surface area contributed by atoms with Gasteiger partial charge in [0.2, 0.25) is 0 Å². The summed E-state index contributed by atoms with van der Waals surface area (Å²) in [6.45, 7) is 4.61. The van der Waals surface area contributed by atoms with Crippen molar-refractivity contribution in [1.82, 2.24) is 9.59 Å². The Kier molecular flexibility index (Phi) is 11.4. The molecule has 0 N–H and O–H groups in total. The summed E-state index contributed by atoms with van der Waals surface area (Å²) < 4.78 is 4.94. The minimum absolute atomic E-state index is 0.253. The van der Waals surface area contributed by atoms with Crippen LogP contribution in [-0.2, 0) is 5.41 Å². The highest BCUT2D eigenvalue weighted by atomic mass is 32.1. The lowest BCUT2D eigenvalue weighted by atomic mass is 9.70. The second kappa shape index (κ2) is 15.2. The zero-order valence-corrected chi connectivity index (χ0v) is 24.4. The maximum Gasteiger partial charge on any atom is 0.105 e. The third-order valence-electron chi connectivity index (χ3n) is 8.24. The first kappa shape index (κ1) is 28.5. The molecule has 1 aromatic heterocycles. The fourth-order valence-corrected chi connectivity index (χ4v) is 6.78. The topological polar surface area (TPSA) is 25.8 Å². The van der Waals surface area contributed by atoms with Crippen LogP contribution in [0.25, 0.3) is 21.3 Å². The lowest BCUT2D eigenvalue weighted by Crippen LogP contribution is -2.25. The van der Waals surface area contributed by atoms with Gasteiger partial charge in [-0.3, -0.25) is 0 Å². The van der Waals surface area contributed by atoms with Crippen LogP contribution in [0.2, 0.25) is 0 Å². The minimum Gasteiger partial charge on any atom is -0.138 e. The highest BCUT2D eigenvalue weighted by Gasteiger charge is 2.41. The maximum absolute atomic E-state index is 3.89. The predicted molar refractivity (Wildman–Crippen MR) is 166 cm³/mol. The van der Waals surface area contributed by atoms with Gasteiger partial charge in [0, 0.05) is 5.41 Å². The van der Waals surface area contributed by atoms with E-state index in [9.17, 15) is 0 Å². The van der Waals surface area contributed by atoms with Gasteiger partial charge >= 0.3 is 0 Å². The maximum atomic E-state index is 3.89. The molecule has 1 aliphatic carbocycles. The van der Waals surface area contributed by atoms with Crippen molar-refractivity contribution in [3.05, 3.63) is 83.9 Å². The van der Waals surface area contributed by atoms with Crippen molar-refractivity contribution in [3.8, 4) is 11.1 Å². The molecule has 0 saturated heterocycles. The van der Waals surface area contributed by atoms with E-state index < -0.39 is 0 Å². The van der Waals surface area contributed by atoms with E-state index in [0.29, 0.717) is 0 Å². The van der Waals surface area contributed by atoms with Crippen molar-refractivity contribution in [3.63, 3.8) is 0 Å². The first-order chi connectivity index (χ1) is 18.8. The average Bonchev–Trinajstić information content (AvgIpc) is 3.55. The van der Waals surface area contributed by atoms with Crippen LogP contribution < -0.4 is 0 Å². The Balaban J connectivity index is 0.000000311. The van der Waals surface area contributed by atoms with E-state index in [1.165, 1.54) is 113 Å². The normalized spacial score (nSPS) is 13.1. The summed E-state index contributed by atoms with van der Waals surface area (Å²) in [4.78, 5) is 0. The largest absolute Gasteiger partial charge is 0.138 e. The Morgan fingerprint density at radius 2 is 1.03 bits per heavy atom. The van der Waals surface area contributed by atoms with Crippen LogP contribution in [0.1, 0.15) is 115 Å². The number of aromatic nitrogens is 2. The van der Waals surface area contributed by atoms with Crippen molar-refractivity contribution < 1.29 is 0 Å². The molecule has 0 radical (unpaired) electrons. The smallest absolute Gasteiger partial charge is 0.105 e. The molecule has 1 aliphatic rings. The van der Waals surface area contributed by atoms with E-state index in [1.54, 1.807) is 11.1 Å². The highest BCUT2D eigenvalue weighted by Crippen LogP contribution is 2.54. The molecule has 0 saturated carbocycles. The molecule has 0 bridgehead atoms. The second-order valence-electron chi connectivity index (χ2n) is 10.9. The van der Waals surface area contributed by atoms with E-state index in [0.717, 1.165) is 10.2 Å². The molecule has 38 heavy (non-hydrogen) atoms. The standard InChI is InChI=1S/C29H42.C6H4N2S/c1-3-5-7-9-11-17-23-29(24-18-12-10-8-6-4-2)27-21-15-13-19-25(27)26-20-14-16-22-28(26)29;1-2-4-6-5(3-1)7-8-9-6/h13-16,19-22H,3-12,17-18,23-24H2,1-2H3;1-4H. The molecule has 5 rings (SSSR count). The summed E-state index contributed by atoms with van der Waals surface area (Å²) in [6.07, 6.45) is 19.3. The Bertz CT molecular complexity index is 1130. The first-order valence-electron chi connectivity index (χ1n) is 15.2. The summed E-state index contributed by atoms with van der Waals surface area (Å²) in [7, 11) is 0. The molecule has 0 aliphatic heterocycles. The highest BCUT2D eigenvalue weighted by molar-refractivity contribution is 7.12. The van der Waals surface area contributed by atoms with Crippen LogP contribution >= 0.6 is 11.5 Å². The number of hydrogen-bond acceptors (Lipinski definition) is 3. The molecule has 0 amide bonds. The van der Waals surface area contributed by atoms with Crippen molar-refractivity contribution in [2.24, 2.45) is 0 Å². The monoisotopic (exact) mass is 526 g/mol. The number of hydrogen-bond donors (Lipinski definition) is 0. The van der Waals surface area contributed by atoms with Gasteiger partial charge in [0.1, 0.15) is 5.52 Å². The van der Waals surface area contributed by atoms with Gasteiger partial charge in [-0.15, -0.1) is 5.10 Å². The lowest BCUT2D eigenvalue weighted by Gasteiger charge is -2.33. The molecule has 202 valence electrons. The third-order valence-corrected chi connectivity index (χ3v) is 8.95. The summed E-state index contributed by atoms with van der Waals surface area (Å²) >= 11 is 1.43. The zero-order valence-electron chi connectivity index (χ0n) is 23.6. The fourth-order valence-electron chi connectivity index (χ4n) is 6.22. The van der Waals surface area contributed by atoms with Gasteiger partial charge in [-0.1, -0.05) is 156 Å². The third kappa shape index (κ3) is 7.11. The Hall–Kier alpha value is -2.52. The molecule has 2 nitrogen and oxygen atoms in total. The van der Waals surface area contributed by atoms with Crippen LogP contribution in [0.15, 0.2) is 72.8 Å². The van der Waals surface area contributed by atoms with Gasteiger partial charge < -0.3 is 0 Å². The molecule has 0 unspecified atom stereocenters.